The average molecular weight is 274 g/mol. The molecular formula is C12H16F2N2O3. The van der Waals surface area contributed by atoms with Crippen LogP contribution in [0, 0.1) is 21.7 Å². The number of nitro benzene ring substituents is 1. The first-order chi connectivity index (χ1) is 8.99. The van der Waals surface area contributed by atoms with Crippen molar-refractivity contribution >= 4 is 11.4 Å². The Hall–Kier alpha value is -1.76. The summed E-state index contributed by atoms with van der Waals surface area (Å²) < 4.78 is 31.6. The predicted octanol–water partition coefficient (Wildman–Crippen LogP) is 3.10. The highest BCUT2D eigenvalue weighted by Crippen LogP contribution is 2.29. The minimum absolute atomic E-state index is 0.169. The van der Waals surface area contributed by atoms with Crippen molar-refractivity contribution < 1.29 is 18.4 Å². The molecule has 0 aliphatic carbocycles. The number of nitrogens with zero attached hydrogens (tertiary/aromatic N) is 1. The van der Waals surface area contributed by atoms with Gasteiger partial charge in [0.2, 0.25) is 5.82 Å². The minimum atomic E-state index is -1.19. The Morgan fingerprint density at radius 3 is 2.68 bits per heavy atom. The summed E-state index contributed by atoms with van der Waals surface area (Å²) in [7, 11) is 1.49. The van der Waals surface area contributed by atoms with E-state index in [1.54, 1.807) is 0 Å². The van der Waals surface area contributed by atoms with E-state index >= 15 is 0 Å². The van der Waals surface area contributed by atoms with Gasteiger partial charge < -0.3 is 10.1 Å². The Morgan fingerprint density at radius 2 is 2.16 bits per heavy atom. The first kappa shape index (κ1) is 15.3. The van der Waals surface area contributed by atoms with Crippen LogP contribution in [-0.2, 0) is 4.74 Å². The molecule has 106 valence electrons. The maximum atomic E-state index is 13.4. The van der Waals surface area contributed by atoms with Crippen molar-refractivity contribution in [1.82, 2.24) is 0 Å². The van der Waals surface area contributed by atoms with Crippen molar-refractivity contribution in [3.05, 3.63) is 33.9 Å². The molecule has 0 amide bonds. The molecule has 1 rings (SSSR count). The molecule has 0 saturated heterocycles. The topological polar surface area (TPSA) is 64.4 Å². The monoisotopic (exact) mass is 274 g/mol. The van der Waals surface area contributed by atoms with E-state index in [-0.39, 0.29) is 11.7 Å². The molecule has 5 nitrogen and oxygen atoms in total. The van der Waals surface area contributed by atoms with Crippen LogP contribution in [0.4, 0.5) is 20.2 Å². The first-order valence-corrected chi connectivity index (χ1v) is 5.88. The Labute approximate surface area is 109 Å². The Morgan fingerprint density at radius 1 is 1.47 bits per heavy atom. The van der Waals surface area contributed by atoms with Gasteiger partial charge in [0.1, 0.15) is 11.5 Å². The third-order valence-corrected chi connectivity index (χ3v) is 2.58. The van der Waals surface area contributed by atoms with Gasteiger partial charge in [0.25, 0.3) is 0 Å². The Bertz CT molecular complexity index is 449. The maximum absolute atomic E-state index is 13.4. The van der Waals surface area contributed by atoms with Crippen molar-refractivity contribution in [1.29, 1.82) is 0 Å². The van der Waals surface area contributed by atoms with Gasteiger partial charge in [0, 0.05) is 25.3 Å². The molecule has 0 bridgehead atoms. The van der Waals surface area contributed by atoms with Crippen LogP contribution in [0.15, 0.2) is 12.1 Å². The zero-order valence-corrected chi connectivity index (χ0v) is 10.8. The van der Waals surface area contributed by atoms with Gasteiger partial charge in [-0.25, -0.2) is 4.39 Å². The summed E-state index contributed by atoms with van der Waals surface area (Å²) in [6.07, 6.45) is 1.48. The molecule has 0 spiro atoms. The molecule has 0 aliphatic rings. The van der Waals surface area contributed by atoms with Gasteiger partial charge in [-0.1, -0.05) is 13.3 Å². The maximum Gasteiger partial charge on any atom is 0.327 e. The van der Waals surface area contributed by atoms with Crippen molar-refractivity contribution in [2.24, 2.45) is 0 Å². The van der Waals surface area contributed by atoms with Gasteiger partial charge in [-0.2, -0.15) is 4.39 Å². The molecular weight excluding hydrogens is 258 g/mol. The molecule has 1 aromatic rings. The highest BCUT2D eigenvalue weighted by molar-refractivity contribution is 5.62. The van der Waals surface area contributed by atoms with E-state index in [2.05, 4.69) is 5.32 Å². The second-order valence-electron chi connectivity index (χ2n) is 4.13. The number of anilines is 1. The van der Waals surface area contributed by atoms with Crippen molar-refractivity contribution in [2.45, 2.75) is 25.8 Å². The van der Waals surface area contributed by atoms with E-state index in [0.717, 1.165) is 12.5 Å². The lowest BCUT2D eigenvalue weighted by Crippen LogP contribution is -2.25. The van der Waals surface area contributed by atoms with Gasteiger partial charge in [-0.05, 0) is 6.42 Å². The minimum Gasteiger partial charge on any atom is -0.383 e. The van der Waals surface area contributed by atoms with Crippen LogP contribution in [0.25, 0.3) is 0 Å². The molecule has 0 aromatic heterocycles. The van der Waals surface area contributed by atoms with Crippen molar-refractivity contribution in [3.63, 3.8) is 0 Å². The molecule has 0 fully saturated rings. The molecule has 0 radical (unpaired) electrons. The van der Waals surface area contributed by atoms with Gasteiger partial charge in [-0.15, -0.1) is 0 Å². The molecule has 1 N–H and O–H groups in total. The summed E-state index contributed by atoms with van der Waals surface area (Å²) in [5, 5.41) is 13.6. The fraction of sp³-hybridized carbons (Fsp3) is 0.500. The lowest BCUT2D eigenvalue weighted by atomic mass is 10.1. The summed E-state index contributed by atoms with van der Waals surface area (Å²) in [5.74, 6) is -2.06. The summed E-state index contributed by atoms with van der Waals surface area (Å²) in [4.78, 5) is 9.95. The number of hydrogen-bond acceptors (Lipinski definition) is 4. The van der Waals surface area contributed by atoms with Crippen molar-refractivity contribution in [2.75, 3.05) is 19.0 Å². The number of hydrogen-bond donors (Lipinski definition) is 1. The van der Waals surface area contributed by atoms with E-state index < -0.39 is 22.2 Å². The fourth-order valence-corrected chi connectivity index (χ4v) is 1.83. The van der Waals surface area contributed by atoms with Crippen LogP contribution in [-0.4, -0.2) is 24.7 Å². The van der Waals surface area contributed by atoms with E-state index in [4.69, 9.17) is 4.74 Å². The summed E-state index contributed by atoms with van der Waals surface area (Å²) in [6.45, 7) is 2.23. The molecule has 7 heteroatoms. The molecule has 19 heavy (non-hydrogen) atoms. The van der Waals surface area contributed by atoms with Gasteiger partial charge >= 0.3 is 5.69 Å². The average Bonchev–Trinajstić information content (AvgIpc) is 2.27. The number of nitrogens with one attached hydrogen (secondary N) is 1. The van der Waals surface area contributed by atoms with Crippen LogP contribution >= 0.6 is 0 Å². The normalized spacial score (nSPS) is 12.2. The van der Waals surface area contributed by atoms with Crippen LogP contribution in [0.3, 0.4) is 0 Å². The Balaban J connectivity index is 3.06. The van der Waals surface area contributed by atoms with Gasteiger partial charge in [0.05, 0.1) is 11.5 Å². The van der Waals surface area contributed by atoms with Gasteiger partial charge in [0.15, 0.2) is 0 Å². The Kier molecular flexibility index (Phi) is 5.62. The van der Waals surface area contributed by atoms with E-state index in [1.807, 2.05) is 6.92 Å². The number of rotatable bonds is 7. The molecule has 1 atom stereocenters. The smallest absolute Gasteiger partial charge is 0.327 e. The second-order valence-corrected chi connectivity index (χ2v) is 4.13. The number of benzene rings is 1. The van der Waals surface area contributed by atoms with Crippen LogP contribution in [0.5, 0.6) is 0 Å². The fourth-order valence-electron chi connectivity index (χ4n) is 1.83. The highest BCUT2D eigenvalue weighted by Gasteiger charge is 2.23. The second kappa shape index (κ2) is 6.98. The summed E-state index contributed by atoms with van der Waals surface area (Å²) >= 11 is 0. The molecule has 0 aliphatic heterocycles. The van der Waals surface area contributed by atoms with Gasteiger partial charge in [-0.3, -0.25) is 10.1 Å². The molecule has 0 saturated carbocycles. The first-order valence-electron chi connectivity index (χ1n) is 5.88. The van der Waals surface area contributed by atoms with E-state index in [1.165, 1.54) is 7.11 Å². The van der Waals surface area contributed by atoms with E-state index in [9.17, 15) is 18.9 Å². The highest BCUT2D eigenvalue weighted by atomic mass is 19.1. The van der Waals surface area contributed by atoms with Crippen LogP contribution in [0.1, 0.15) is 19.8 Å². The SMILES string of the molecule is CCCC(COC)Nc1cc(F)cc(F)c1[N+](=O)[O-]. The lowest BCUT2D eigenvalue weighted by molar-refractivity contribution is -0.386. The summed E-state index contributed by atoms with van der Waals surface area (Å²) in [6, 6.07) is 1.17. The third kappa shape index (κ3) is 4.13. The lowest BCUT2D eigenvalue weighted by Gasteiger charge is -2.18. The molecule has 1 unspecified atom stereocenters. The standard InChI is InChI=1S/C12H16F2N2O3/c1-3-4-9(7-19-2)15-11-6-8(13)5-10(14)12(11)16(17)18/h5-6,9,15H,3-4,7H2,1-2H3. The largest absolute Gasteiger partial charge is 0.383 e. The number of nitro groups is 1. The summed E-state index contributed by atoms with van der Waals surface area (Å²) in [5.41, 5.74) is -0.920. The van der Waals surface area contributed by atoms with Crippen LogP contribution in [0.2, 0.25) is 0 Å². The molecule has 1 aromatic carbocycles. The van der Waals surface area contributed by atoms with E-state index in [0.29, 0.717) is 19.1 Å². The van der Waals surface area contributed by atoms with Crippen molar-refractivity contribution in [3.8, 4) is 0 Å². The zero-order valence-electron chi connectivity index (χ0n) is 10.8. The predicted molar refractivity (Wildman–Crippen MR) is 67.2 cm³/mol. The quantitative estimate of drug-likeness (QED) is 0.613. The number of ether oxygens (including phenoxy) is 1. The zero-order chi connectivity index (χ0) is 14.4. The number of methoxy groups -OCH3 is 1. The van der Waals surface area contributed by atoms with Crippen LogP contribution < -0.4 is 5.32 Å². The third-order valence-electron chi connectivity index (χ3n) is 2.58. The number of halogens is 2. The molecule has 0 heterocycles.